The van der Waals surface area contributed by atoms with E-state index in [9.17, 15) is 9.59 Å². The molecule has 0 radical (unpaired) electrons. The molecule has 1 atom stereocenters. The molecule has 31 heavy (non-hydrogen) atoms. The Labute approximate surface area is 183 Å². The van der Waals surface area contributed by atoms with Gasteiger partial charge in [0.2, 0.25) is 0 Å². The molecule has 0 spiro atoms. The molecule has 0 aliphatic carbocycles. The highest BCUT2D eigenvalue weighted by molar-refractivity contribution is 5.96. The SMILES string of the molecule is CC[C@H](C)c1ccccc1NC(=O)COC(=O)c1ccccc1COc1ccccc1. The van der Waals surface area contributed by atoms with Gasteiger partial charge < -0.3 is 14.8 Å². The van der Waals surface area contributed by atoms with Crippen LogP contribution in [0.25, 0.3) is 0 Å². The second-order valence-electron chi connectivity index (χ2n) is 7.28. The molecule has 0 aliphatic heterocycles. The second kappa shape index (κ2) is 11.0. The van der Waals surface area contributed by atoms with Gasteiger partial charge in [0.25, 0.3) is 5.91 Å². The number of amides is 1. The summed E-state index contributed by atoms with van der Waals surface area (Å²) in [6, 6.07) is 24.1. The molecule has 0 bridgehead atoms. The molecule has 3 aromatic rings. The van der Waals surface area contributed by atoms with Gasteiger partial charge in [-0.2, -0.15) is 0 Å². The Bertz CT molecular complexity index is 1020. The van der Waals surface area contributed by atoms with Gasteiger partial charge in [0.15, 0.2) is 6.61 Å². The Hall–Kier alpha value is -3.60. The number of carbonyl (C=O) groups excluding carboxylic acids is 2. The van der Waals surface area contributed by atoms with Gasteiger partial charge in [-0.3, -0.25) is 4.79 Å². The molecule has 1 amide bonds. The van der Waals surface area contributed by atoms with E-state index in [0.717, 1.165) is 17.7 Å². The average molecular weight is 418 g/mol. The molecule has 0 fully saturated rings. The summed E-state index contributed by atoms with van der Waals surface area (Å²) in [6.07, 6.45) is 0.962. The van der Waals surface area contributed by atoms with Crippen molar-refractivity contribution in [2.45, 2.75) is 32.8 Å². The van der Waals surface area contributed by atoms with E-state index in [0.29, 0.717) is 22.8 Å². The summed E-state index contributed by atoms with van der Waals surface area (Å²) in [7, 11) is 0. The Kier molecular flexibility index (Phi) is 7.82. The van der Waals surface area contributed by atoms with Crippen molar-refractivity contribution in [3.8, 4) is 5.75 Å². The third kappa shape index (κ3) is 6.19. The maximum Gasteiger partial charge on any atom is 0.339 e. The van der Waals surface area contributed by atoms with Crippen molar-refractivity contribution in [2.75, 3.05) is 11.9 Å². The van der Waals surface area contributed by atoms with Crippen molar-refractivity contribution in [1.29, 1.82) is 0 Å². The number of benzene rings is 3. The van der Waals surface area contributed by atoms with Crippen molar-refractivity contribution in [3.63, 3.8) is 0 Å². The number of anilines is 1. The van der Waals surface area contributed by atoms with Crippen LogP contribution in [0.5, 0.6) is 5.75 Å². The molecule has 0 aromatic heterocycles. The van der Waals surface area contributed by atoms with Gasteiger partial charge in [-0.25, -0.2) is 4.79 Å². The van der Waals surface area contributed by atoms with Gasteiger partial charge in [-0.15, -0.1) is 0 Å². The van der Waals surface area contributed by atoms with Crippen molar-refractivity contribution >= 4 is 17.6 Å². The van der Waals surface area contributed by atoms with Crippen LogP contribution in [-0.4, -0.2) is 18.5 Å². The fraction of sp³-hybridized carbons (Fsp3) is 0.231. The maximum absolute atomic E-state index is 12.6. The van der Waals surface area contributed by atoms with Crippen molar-refractivity contribution in [1.82, 2.24) is 0 Å². The standard InChI is InChI=1S/C26H27NO4/c1-3-19(2)22-14-9-10-16-24(22)27-25(28)18-31-26(29)23-15-8-7-11-20(23)17-30-21-12-5-4-6-13-21/h4-16,19H,3,17-18H2,1-2H3,(H,27,28)/t19-/m0/s1. The normalized spacial score (nSPS) is 11.4. The second-order valence-corrected chi connectivity index (χ2v) is 7.28. The van der Waals surface area contributed by atoms with Crippen LogP contribution in [0.4, 0.5) is 5.69 Å². The molecular weight excluding hydrogens is 390 g/mol. The number of hydrogen-bond donors (Lipinski definition) is 1. The number of rotatable bonds is 9. The lowest BCUT2D eigenvalue weighted by Gasteiger charge is -2.16. The molecule has 3 aromatic carbocycles. The minimum atomic E-state index is -0.558. The van der Waals surface area contributed by atoms with E-state index in [-0.39, 0.29) is 19.1 Å². The summed E-state index contributed by atoms with van der Waals surface area (Å²) in [5.41, 5.74) is 2.88. The maximum atomic E-state index is 12.6. The van der Waals surface area contributed by atoms with Crippen LogP contribution < -0.4 is 10.1 Å². The minimum absolute atomic E-state index is 0.226. The van der Waals surface area contributed by atoms with Gasteiger partial charge in [-0.1, -0.05) is 68.4 Å². The highest BCUT2D eigenvalue weighted by Crippen LogP contribution is 2.26. The number of carbonyl (C=O) groups is 2. The zero-order valence-electron chi connectivity index (χ0n) is 17.8. The molecule has 0 unspecified atom stereocenters. The molecule has 5 heteroatoms. The fourth-order valence-corrected chi connectivity index (χ4v) is 3.18. The first-order chi connectivity index (χ1) is 15.1. The zero-order chi connectivity index (χ0) is 22.1. The van der Waals surface area contributed by atoms with Crippen molar-refractivity contribution in [2.24, 2.45) is 0 Å². The van der Waals surface area contributed by atoms with E-state index in [1.54, 1.807) is 12.1 Å². The van der Waals surface area contributed by atoms with E-state index in [2.05, 4.69) is 19.2 Å². The largest absolute Gasteiger partial charge is 0.489 e. The van der Waals surface area contributed by atoms with Crippen LogP contribution in [0.1, 0.15) is 47.7 Å². The highest BCUT2D eigenvalue weighted by atomic mass is 16.5. The van der Waals surface area contributed by atoms with E-state index >= 15 is 0 Å². The minimum Gasteiger partial charge on any atom is -0.489 e. The van der Waals surface area contributed by atoms with Crippen LogP contribution in [0.2, 0.25) is 0 Å². The number of nitrogens with one attached hydrogen (secondary N) is 1. The van der Waals surface area contributed by atoms with Gasteiger partial charge in [0.05, 0.1) is 5.56 Å². The van der Waals surface area contributed by atoms with Gasteiger partial charge in [0.1, 0.15) is 12.4 Å². The van der Waals surface area contributed by atoms with Crippen molar-refractivity contribution < 1.29 is 19.1 Å². The van der Waals surface area contributed by atoms with Gasteiger partial charge in [0, 0.05) is 11.3 Å². The first-order valence-corrected chi connectivity index (χ1v) is 10.4. The molecule has 5 nitrogen and oxygen atoms in total. The summed E-state index contributed by atoms with van der Waals surface area (Å²) < 4.78 is 11.0. The highest BCUT2D eigenvalue weighted by Gasteiger charge is 2.16. The summed E-state index contributed by atoms with van der Waals surface area (Å²) in [5.74, 6) is 0.0975. The van der Waals surface area contributed by atoms with E-state index in [1.165, 1.54) is 0 Å². The topological polar surface area (TPSA) is 64.6 Å². The third-order valence-electron chi connectivity index (χ3n) is 5.09. The summed E-state index contributed by atoms with van der Waals surface area (Å²) in [5, 5.41) is 2.85. The first-order valence-electron chi connectivity index (χ1n) is 10.4. The van der Waals surface area contributed by atoms with E-state index < -0.39 is 5.97 Å². The Morgan fingerprint density at radius 3 is 2.35 bits per heavy atom. The quantitative estimate of drug-likeness (QED) is 0.462. The molecule has 0 saturated heterocycles. The van der Waals surface area contributed by atoms with Gasteiger partial charge >= 0.3 is 5.97 Å². The number of hydrogen-bond acceptors (Lipinski definition) is 4. The molecule has 3 rings (SSSR count). The van der Waals surface area contributed by atoms with Crippen LogP contribution in [0.15, 0.2) is 78.9 Å². The number of esters is 1. The lowest BCUT2D eigenvalue weighted by molar-refractivity contribution is -0.119. The Morgan fingerprint density at radius 2 is 1.58 bits per heavy atom. The van der Waals surface area contributed by atoms with Crippen LogP contribution >= 0.6 is 0 Å². The molecule has 0 heterocycles. The third-order valence-corrected chi connectivity index (χ3v) is 5.09. The van der Waals surface area contributed by atoms with E-state index in [1.807, 2.05) is 66.7 Å². The van der Waals surface area contributed by atoms with Crippen molar-refractivity contribution in [3.05, 3.63) is 95.6 Å². The summed E-state index contributed by atoms with van der Waals surface area (Å²) >= 11 is 0. The van der Waals surface area contributed by atoms with Crippen LogP contribution in [-0.2, 0) is 16.1 Å². The molecule has 160 valence electrons. The zero-order valence-corrected chi connectivity index (χ0v) is 17.8. The molecule has 0 saturated carbocycles. The predicted molar refractivity (Wildman–Crippen MR) is 121 cm³/mol. The lowest BCUT2D eigenvalue weighted by atomic mass is 9.97. The number of ether oxygens (including phenoxy) is 2. The predicted octanol–water partition coefficient (Wildman–Crippen LogP) is 5.57. The van der Waals surface area contributed by atoms with Gasteiger partial charge in [-0.05, 0) is 42.2 Å². The Balaban J connectivity index is 1.59. The lowest BCUT2D eigenvalue weighted by Crippen LogP contribution is -2.22. The van der Waals surface area contributed by atoms with Crippen LogP contribution in [0, 0.1) is 0 Å². The Morgan fingerprint density at radius 1 is 0.903 bits per heavy atom. The molecule has 0 aliphatic rings. The van der Waals surface area contributed by atoms with E-state index in [4.69, 9.17) is 9.47 Å². The summed E-state index contributed by atoms with van der Waals surface area (Å²) in [6.45, 7) is 4.08. The number of para-hydroxylation sites is 2. The average Bonchev–Trinajstić information content (AvgIpc) is 2.82. The fourth-order valence-electron chi connectivity index (χ4n) is 3.18. The first kappa shape index (κ1) is 22.1. The van der Waals surface area contributed by atoms with Crippen LogP contribution in [0.3, 0.4) is 0 Å². The summed E-state index contributed by atoms with van der Waals surface area (Å²) in [4.78, 5) is 25.0. The molecular formula is C26H27NO4. The monoisotopic (exact) mass is 417 g/mol. The molecule has 1 N–H and O–H groups in total. The smallest absolute Gasteiger partial charge is 0.339 e.